The zero-order valence-electron chi connectivity index (χ0n) is 15.4. The number of esters is 1. The van der Waals surface area contributed by atoms with Gasteiger partial charge in [0.25, 0.3) is 0 Å². The molecule has 0 bridgehead atoms. The van der Waals surface area contributed by atoms with Crippen molar-refractivity contribution in [3.63, 3.8) is 0 Å². The minimum Gasteiger partial charge on any atom is -0.478 e. The molecular formula is C19H24N2O5. The van der Waals surface area contributed by atoms with Crippen molar-refractivity contribution in [2.24, 2.45) is 0 Å². The van der Waals surface area contributed by atoms with Crippen LogP contribution in [0.2, 0.25) is 0 Å². The molecule has 0 spiro atoms. The maximum absolute atomic E-state index is 12.7. The Bertz CT molecular complexity index is 738. The van der Waals surface area contributed by atoms with Crippen molar-refractivity contribution in [3.8, 4) is 0 Å². The molecule has 7 heteroatoms. The molecule has 1 aromatic heterocycles. The van der Waals surface area contributed by atoms with Crippen molar-refractivity contribution >= 4 is 11.9 Å². The Labute approximate surface area is 152 Å². The summed E-state index contributed by atoms with van der Waals surface area (Å²) >= 11 is 0. The van der Waals surface area contributed by atoms with Gasteiger partial charge in [-0.05, 0) is 39.8 Å². The topological polar surface area (TPSA) is 97.8 Å². The Morgan fingerprint density at radius 1 is 1.31 bits per heavy atom. The molecule has 1 atom stereocenters. The van der Waals surface area contributed by atoms with Gasteiger partial charge in [-0.15, -0.1) is 0 Å². The normalized spacial score (nSPS) is 17.3. The third-order valence-electron chi connectivity index (χ3n) is 3.92. The zero-order chi connectivity index (χ0) is 19.3. The van der Waals surface area contributed by atoms with E-state index < -0.39 is 17.9 Å². The van der Waals surface area contributed by atoms with Gasteiger partial charge in [0.2, 0.25) is 0 Å². The van der Waals surface area contributed by atoms with Gasteiger partial charge in [-0.2, -0.15) is 0 Å². The summed E-state index contributed by atoms with van der Waals surface area (Å²) in [6.07, 6.45) is 1.52. The number of carboxylic acid groups (broad SMARTS) is 1. The lowest BCUT2D eigenvalue weighted by Crippen LogP contribution is -2.35. The highest BCUT2D eigenvalue weighted by atomic mass is 16.5. The van der Waals surface area contributed by atoms with Crippen molar-refractivity contribution in [2.45, 2.75) is 39.7 Å². The average Bonchev–Trinajstić information content (AvgIpc) is 2.59. The lowest BCUT2D eigenvalue weighted by atomic mass is 9.82. The summed E-state index contributed by atoms with van der Waals surface area (Å²) in [4.78, 5) is 28.9. The van der Waals surface area contributed by atoms with Crippen molar-refractivity contribution in [1.82, 2.24) is 10.3 Å². The van der Waals surface area contributed by atoms with E-state index in [1.807, 2.05) is 13.8 Å². The first-order valence-electron chi connectivity index (χ1n) is 8.50. The van der Waals surface area contributed by atoms with Gasteiger partial charge in [-0.1, -0.05) is 6.07 Å². The fourth-order valence-electron chi connectivity index (χ4n) is 2.84. The summed E-state index contributed by atoms with van der Waals surface area (Å²) in [5, 5.41) is 12.8. The molecule has 0 aliphatic carbocycles. The molecule has 140 valence electrons. The summed E-state index contributed by atoms with van der Waals surface area (Å²) in [6, 6.07) is 5.19. The molecule has 0 aromatic carbocycles. The van der Waals surface area contributed by atoms with Crippen molar-refractivity contribution in [1.29, 1.82) is 0 Å². The zero-order valence-corrected chi connectivity index (χ0v) is 15.4. The van der Waals surface area contributed by atoms with Crippen LogP contribution in [0.4, 0.5) is 0 Å². The van der Waals surface area contributed by atoms with E-state index in [0.717, 1.165) is 0 Å². The van der Waals surface area contributed by atoms with Gasteiger partial charge in [0, 0.05) is 11.9 Å². The van der Waals surface area contributed by atoms with E-state index in [1.165, 1.54) is 0 Å². The summed E-state index contributed by atoms with van der Waals surface area (Å²) in [7, 11) is 0. The van der Waals surface area contributed by atoms with Gasteiger partial charge < -0.3 is 19.9 Å². The Hall–Kier alpha value is -2.67. The number of aliphatic carboxylic acids is 1. The number of rotatable bonds is 7. The first-order chi connectivity index (χ1) is 12.4. The van der Waals surface area contributed by atoms with Crippen molar-refractivity contribution in [3.05, 3.63) is 52.6 Å². The van der Waals surface area contributed by atoms with E-state index in [-0.39, 0.29) is 30.5 Å². The standard InChI is InChI=1S/C19H24N2O5/c1-5-25-19(24)17-14(10-26-11(2)3)21-12(4)15(18(22)23)16(17)13-8-6-7-9-20-13/h6-9,11,16,21H,5,10H2,1-4H3,(H,22,23). The second kappa shape index (κ2) is 8.62. The fraction of sp³-hybridized carbons (Fsp3) is 0.421. The van der Waals surface area contributed by atoms with Gasteiger partial charge >= 0.3 is 11.9 Å². The van der Waals surface area contributed by atoms with Crippen LogP contribution in [0.15, 0.2) is 46.9 Å². The van der Waals surface area contributed by atoms with Crippen LogP contribution in [0, 0.1) is 0 Å². The predicted molar refractivity (Wildman–Crippen MR) is 95.2 cm³/mol. The Kier molecular flexibility index (Phi) is 6.52. The molecule has 0 saturated carbocycles. The van der Waals surface area contributed by atoms with E-state index in [2.05, 4.69) is 10.3 Å². The number of carboxylic acids is 1. The number of ether oxygens (including phenoxy) is 2. The van der Waals surface area contributed by atoms with Crippen LogP contribution in [-0.4, -0.2) is 41.3 Å². The molecular weight excluding hydrogens is 336 g/mol. The van der Waals surface area contributed by atoms with Gasteiger partial charge in [-0.3, -0.25) is 4.98 Å². The van der Waals surface area contributed by atoms with Crippen LogP contribution in [0.25, 0.3) is 0 Å². The van der Waals surface area contributed by atoms with Gasteiger partial charge in [0.05, 0.1) is 47.8 Å². The molecule has 7 nitrogen and oxygen atoms in total. The minimum absolute atomic E-state index is 0.0498. The average molecular weight is 360 g/mol. The Morgan fingerprint density at radius 2 is 2.04 bits per heavy atom. The number of nitrogens with zero attached hydrogens (tertiary/aromatic N) is 1. The lowest BCUT2D eigenvalue weighted by Gasteiger charge is -2.30. The van der Waals surface area contributed by atoms with Crippen LogP contribution < -0.4 is 5.32 Å². The highest BCUT2D eigenvalue weighted by molar-refractivity contribution is 5.99. The molecule has 0 amide bonds. The molecule has 26 heavy (non-hydrogen) atoms. The highest BCUT2D eigenvalue weighted by Gasteiger charge is 2.39. The van der Waals surface area contributed by atoms with Crippen LogP contribution in [-0.2, 0) is 19.1 Å². The minimum atomic E-state index is -1.11. The molecule has 1 aliphatic rings. The number of aromatic nitrogens is 1. The maximum Gasteiger partial charge on any atom is 0.336 e. The summed E-state index contributed by atoms with van der Waals surface area (Å²) in [5.74, 6) is -2.53. The van der Waals surface area contributed by atoms with E-state index >= 15 is 0 Å². The molecule has 2 heterocycles. The second-order valence-electron chi connectivity index (χ2n) is 6.13. The molecule has 2 N–H and O–H groups in total. The summed E-state index contributed by atoms with van der Waals surface area (Å²) < 4.78 is 10.8. The number of dihydropyridines is 1. The molecule has 2 rings (SSSR count). The van der Waals surface area contributed by atoms with Crippen LogP contribution >= 0.6 is 0 Å². The first-order valence-corrected chi connectivity index (χ1v) is 8.50. The van der Waals surface area contributed by atoms with E-state index in [4.69, 9.17) is 9.47 Å². The summed E-state index contributed by atoms with van der Waals surface area (Å²) in [5.41, 5.74) is 1.70. The van der Waals surface area contributed by atoms with Crippen LogP contribution in [0.1, 0.15) is 39.3 Å². The number of nitrogens with one attached hydrogen (secondary N) is 1. The number of pyridine rings is 1. The van der Waals surface area contributed by atoms with Crippen molar-refractivity contribution in [2.75, 3.05) is 13.2 Å². The van der Waals surface area contributed by atoms with Gasteiger partial charge in [0.15, 0.2) is 0 Å². The van der Waals surface area contributed by atoms with Crippen LogP contribution in [0.3, 0.4) is 0 Å². The molecule has 1 unspecified atom stereocenters. The Morgan fingerprint density at radius 3 is 2.58 bits per heavy atom. The monoisotopic (exact) mass is 360 g/mol. The second-order valence-corrected chi connectivity index (χ2v) is 6.13. The first kappa shape index (κ1) is 19.7. The quantitative estimate of drug-likeness (QED) is 0.720. The largest absolute Gasteiger partial charge is 0.478 e. The number of hydrogen-bond donors (Lipinski definition) is 2. The molecule has 0 saturated heterocycles. The maximum atomic E-state index is 12.7. The molecule has 1 aromatic rings. The molecule has 0 fully saturated rings. The lowest BCUT2D eigenvalue weighted by molar-refractivity contribution is -0.139. The molecule has 0 radical (unpaired) electrons. The fourth-order valence-corrected chi connectivity index (χ4v) is 2.84. The Balaban J connectivity index is 2.62. The van der Waals surface area contributed by atoms with E-state index in [1.54, 1.807) is 38.2 Å². The molecule has 1 aliphatic heterocycles. The van der Waals surface area contributed by atoms with Gasteiger partial charge in [-0.25, -0.2) is 9.59 Å². The SMILES string of the molecule is CCOC(=O)C1=C(COC(C)C)NC(C)=C(C(=O)O)C1c1ccccn1. The smallest absolute Gasteiger partial charge is 0.336 e. The number of carbonyl (C=O) groups is 2. The predicted octanol–water partition coefficient (Wildman–Crippen LogP) is 2.37. The number of allylic oxidation sites excluding steroid dienone is 1. The summed E-state index contributed by atoms with van der Waals surface area (Å²) in [6.45, 7) is 7.45. The van der Waals surface area contributed by atoms with E-state index in [0.29, 0.717) is 17.1 Å². The third kappa shape index (κ3) is 4.29. The number of carbonyl (C=O) groups excluding carboxylic acids is 1. The third-order valence-corrected chi connectivity index (χ3v) is 3.92. The van der Waals surface area contributed by atoms with E-state index in [9.17, 15) is 14.7 Å². The number of hydrogen-bond acceptors (Lipinski definition) is 6. The van der Waals surface area contributed by atoms with Gasteiger partial charge in [0.1, 0.15) is 0 Å². The van der Waals surface area contributed by atoms with Crippen molar-refractivity contribution < 1.29 is 24.2 Å². The highest BCUT2D eigenvalue weighted by Crippen LogP contribution is 2.38. The van der Waals surface area contributed by atoms with Crippen LogP contribution in [0.5, 0.6) is 0 Å².